The Labute approximate surface area is 129 Å². The lowest BCUT2D eigenvalue weighted by Gasteiger charge is -2.14. The molecule has 1 N–H and O–H groups in total. The third-order valence-electron chi connectivity index (χ3n) is 3.33. The molecule has 3 rings (SSSR count). The number of rotatable bonds is 3. The van der Waals surface area contributed by atoms with E-state index in [1.165, 1.54) is 17.0 Å². The van der Waals surface area contributed by atoms with Gasteiger partial charge in [0.05, 0.1) is 15.3 Å². The predicted octanol–water partition coefficient (Wildman–Crippen LogP) is 5.06. The van der Waals surface area contributed by atoms with Gasteiger partial charge in [0.1, 0.15) is 5.69 Å². The second-order valence-corrected chi connectivity index (χ2v) is 6.79. The van der Waals surface area contributed by atoms with Crippen LogP contribution < -0.4 is 5.32 Å². The highest BCUT2D eigenvalue weighted by molar-refractivity contribution is 7.16. The Balaban J connectivity index is 1.92. The number of nitro groups is 1. The average Bonchev–Trinajstić information content (AvgIpc) is 2.90. The molecule has 0 spiro atoms. The molecule has 0 saturated carbocycles. The summed E-state index contributed by atoms with van der Waals surface area (Å²) in [6.07, 6.45) is 1.85. The van der Waals surface area contributed by atoms with Crippen LogP contribution in [-0.2, 0) is 6.42 Å². The minimum absolute atomic E-state index is 0.0316. The number of benzene rings is 1. The summed E-state index contributed by atoms with van der Waals surface area (Å²) >= 11 is 13.5. The maximum Gasteiger partial charge on any atom is 0.292 e. The number of nitrogens with one attached hydrogen (secondary N) is 1. The smallest absolute Gasteiger partial charge is 0.292 e. The number of anilines is 1. The third-order valence-corrected chi connectivity index (χ3v) is 4.91. The Hall–Kier alpha value is -1.30. The number of hydrogen-bond acceptors (Lipinski definition) is 4. The average molecular weight is 329 g/mol. The fourth-order valence-corrected chi connectivity index (χ4v) is 3.98. The lowest BCUT2D eigenvalue weighted by molar-refractivity contribution is -0.384. The molecule has 0 aliphatic heterocycles. The lowest BCUT2D eigenvalue weighted by atomic mass is 10.1. The van der Waals surface area contributed by atoms with Crippen molar-refractivity contribution in [3.63, 3.8) is 0 Å². The number of halogens is 2. The van der Waals surface area contributed by atoms with Crippen LogP contribution in [0.25, 0.3) is 0 Å². The second-order valence-electron chi connectivity index (χ2n) is 4.58. The molecule has 0 fully saturated rings. The van der Waals surface area contributed by atoms with Gasteiger partial charge in [-0.25, -0.2) is 0 Å². The fraction of sp³-hybridized carbons (Fsp3) is 0.231. The van der Waals surface area contributed by atoms with E-state index in [-0.39, 0.29) is 11.7 Å². The van der Waals surface area contributed by atoms with E-state index in [2.05, 4.69) is 5.32 Å². The quantitative estimate of drug-likeness (QED) is 0.632. The molecule has 1 atom stereocenters. The van der Waals surface area contributed by atoms with Crippen molar-refractivity contribution < 1.29 is 4.92 Å². The zero-order valence-electron chi connectivity index (χ0n) is 10.2. The van der Waals surface area contributed by atoms with Gasteiger partial charge in [0.2, 0.25) is 0 Å². The van der Waals surface area contributed by atoms with Gasteiger partial charge in [0.15, 0.2) is 0 Å². The van der Waals surface area contributed by atoms with E-state index in [4.69, 9.17) is 23.2 Å². The zero-order chi connectivity index (χ0) is 14.3. The van der Waals surface area contributed by atoms with Crippen molar-refractivity contribution in [3.05, 3.63) is 54.2 Å². The molecular formula is C13H10Cl2N2O2S. The summed E-state index contributed by atoms with van der Waals surface area (Å²) in [5, 5.41) is 14.8. The van der Waals surface area contributed by atoms with Gasteiger partial charge >= 0.3 is 0 Å². The summed E-state index contributed by atoms with van der Waals surface area (Å²) in [6, 6.07) is 6.51. The summed E-state index contributed by atoms with van der Waals surface area (Å²) in [5.74, 6) is 0. The van der Waals surface area contributed by atoms with Crippen LogP contribution in [0.4, 0.5) is 11.4 Å². The van der Waals surface area contributed by atoms with Crippen LogP contribution in [0.3, 0.4) is 0 Å². The highest BCUT2D eigenvalue weighted by atomic mass is 35.5. The largest absolute Gasteiger partial charge is 0.373 e. The minimum Gasteiger partial charge on any atom is -0.373 e. The fourth-order valence-electron chi connectivity index (χ4n) is 2.45. The number of nitrogens with zero attached hydrogens (tertiary/aromatic N) is 1. The first-order valence-corrected chi connectivity index (χ1v) is 7.60. The summed E-state index contributed by atoms with van der Waals surface area (Å²) in [6.45, 7) is 0. The minimum atomic E-state index is -0.408. The van der Waals surface area contributed by atoms with Crippen LogP contribution in [0.15, 0.2) is 24.3 Å². The van der Waals surface area contributed by atoms with Gasteiger partial charge in [0, 0.05) is 16.0 Å². The maximum atomic E-state index is 11.1. The van der Waals surface area contributed by atoms with Gasteiger partial charge in [0.25, 0.3) is 5.69 Å². The molecule has 1 aromatic carbocycles. The molecule has 1 heterocycles. The zero-order valence-corrected chi connectivity index (χ0v) is 12.6. The SMILES string of the molecule is O=[N+]([O-])c1ccc(Cl)cc1NC1CCc2sc(Cl)cc21. The summed E-state index contributed by atoms with van der Waals surface area (Å²) in [7, 11) is 0. The van der Waals surface area contributed by atoms with E-state index in [9.17, 15) is 10.1 Å². The van der Waals surface area contributed by atoms with Crippen LogP contribution in [0.1, 0.15) is 22.9 Å². The third kappa shape index (κ3) is 2.49. The van der Waals surface area contributed by atoms with Crippen molar-refractivity contribution in [2.24, 2.45) is 0 Å². The molecule has 4 nitrogen and oxygen atoms in total. The van der Waals surface area contributed by atoms with Crippen molar-refractivity contribution >= 4 is 45.9 Å². The highest BCUT2D eigenvalue weighted by Crippen LogP contribution is 2.42. The number of nitro benzene ring substituents is 1. The van der Waals surface area contributed by atoms with Gasteiger partial charge in [-0.2, -0.15) is 0 Å². The van der Waals surface area contributed by atoms with E-state index in [0.29, 0.717) is 10.7 Å². The number of fused-ring (bicyclic) bond motifs is 1. The van der Waals surface area contributed by atoms with Gasteiger partial charge in [-0.1, -0.05) is 23.2 Å². The van der Waals surface area contributed by atoms with Crippen molar-refractivity contribution in [1.82, 2.24) is 0 Å². The molecule has 104 valence electrons. The summed E-state index contributed by atoms with van der Waals surface area (Å²) in [4.78, 5) is 11.9. The predicted molar refractivity (Wildman–Crippen MR) is 82.1 cm³/mol. The molecule has 7 heteroatoms. The van der Waals surface area contributed by atoms with Gasteiger partial charge < -0.3 is 5.32 Å². The van der Waals surface area contributed by atoms with Gasteiger partial charge in [-0.3, -0.25) is 10.1 Å². The van der Waals surface area contributed by atoms with E-state index in [1.807, 2.05) is 6.07 Å². The standard InChI is InChI=1S/C13H10Cl2N2O2S/c14-7-1-3-11(17(18)19)10(5-7)16-9-2-4-12-8(9)6-13(15)20-12/h1,3,5-6,9,16H,2,4H2. The Kier molecular flexibility index (Phi) is 3.58. The molecule has 0 amide bonds. The summed E-state index contributed by atoms with van der Waals surface area (Å²) in [5.41, 5.74) is 1.61. The molecule has 1 aromatic heterocycles. The lowest BCUT2D eigenvalue weighted by Crippen LogP contribution is -2.08. The van der Waals surface area contributed by atoms with Gasteiger partial charge in [-0.15, -0.1) is 11.3 Å². The van der Waals surface area contributed by atoms with Crippen molar-refractivity contribution in [1.29, 1.82) is 0 Å². The molecule has 1 unspecified atom stereocenters. The van der Waals surface area contributed by atoms with Crippen molar-refractivity contribution in [2.75, 3.05) is 5.32 Å². The normalized spacial score (nSPS) is 17.0. The van der Waals surface area contributed by atoms with Crippen LogP contribution >= 0.6 is 34.5 Å². The Morgan fingerprint density at radius 3 is 2.90 bits per heavy atom. The first-order chi connectivity index (χ1) is 9.54. The van der Waals surface area contributed by atoms with Crippen LogP contribution in [0.2, 0.25) is 9.36 Å². The Morgan fingerprint density at radius 2 is 2.15 bits per heavy atom. The summed E-state index contributed by atoms with van der Waals surface area (Å²) < 4.78 is 0.752. The maximum absolute atomic E-state index is 11.1. The van der Waals surface area contributed by atoms with Crippen molar-refractivity contribution in [2.45, 2.75) is 18.9 Å². The monoisotopic (exact) mass is 328 g/mol. The first-order valence-electron chi connectivity index (χ1n) is 6.03. The topological polar surface area (TPSA) is 55.2 Å². The molecule has 0 bridgehead atoms. The van der Waals surface area contributed by atoms with Gasteiger partial charge in [-0.05, 0) is 36.6 Å². The molecule has 1 aliphatic carbocycles. The van der Waals surface area contributed by atoms with E-state index in [1.54, 1.807) is 17.4 Å². The molecule has 20 heavy (non-hydrogen) atoms. The van der Waals surface area contributed by atoms with Crippen LogP contribution in [0.5, 0.6) is 0 Å². The molecular weight excluding hydrogens is 319 g/mol. The second kappa shape index (κ2) is 5.24. The van der Waals surface area contributed by atoms with Crippen LogP contribution in [0, 0.1) is 10.1 Å². The number of aryl methyl sites for hydroxylation is 1. The number of thiophene rings is 1. The Bertz CT molecular complexity index is 687. The van der Waals surface area contributed by atoms with E-state index < -0.39 is 4.92 Å². The molecule has 1 aliphatic rings. The Morgan fingerprint density at radius 1 is 1.35 bits per heavy atom. The highest BCUT2D eigenvalue weighted by Gasteiger charge is 2.27. The van der Waals surface area contributed by atoms with E-state index >= 15 is 0 Å². The first kappa shape index (κ1) is 13.7. The number of hydrogen-bond donors (Lipinski definition) is 1. The van der Waals surface area contributed by atoms with E-state index in [0.717, 1.165) is 22.7 Å². The molecule has 2 aromatic rings. The molecule has 0 radical (unpaired) electrons. The van der Waals surface area contributed by atoms with Crippen LogP contribution in [-0.4, -0.2) is 4.92 Å². The molecule has 0 saturated heterocycles. The van der Waals surface area contributed by atoms with Crippen molar-refractivity contribution in [3.8, 4) is 0 Å².